The number of piperidine rings is 1. The molecule has 0 spiro atoms. The van der Waals surface area contributed by atoms with Gasteiger partial charge in [0.25, 0.3) is 0 Å². The number of likely N-dealkylation sites (tertiary alicyclic amines) is 1. The van der Waals surface area contributed by atoms with E-state index in [1.807, 2.05) is 53.1 Å². The van der Waals surface area contributed by atoms with Gasteiger partial charge in [-0.05, 0) is 61.7 Å². The number of imidazole rings is 1. The summed E-state index contributed by atoms with van der Waals surface area (Å²) in [6, 6.07) is 23.0. The number of aromatic nitrogens is 2. The molecule has 1 fully saturated rings. The van der Waals surface area contributed by atoms with Crippen LogP contribution >= 0.6 is 0 Å². The monoisotopic (exact) mass is 444 g/mol. The lowest BCUT2D eigenvalue weighted by Crippen LogP contribution is -2.37. The Labute approximate surface area is 192 Å². The van der Waals surface area contributed by atoms with Crippen molar-refractivity contribution in [3.8, 4) is 11.1 Å². The molecule has 6 heteroatoms. The summed E-state index contributed by atoms with van der Waals surface area (Å²) in [5.74, 6) is -0.220. The third-order valence-corrected chi connectivity index (χ3v) is 6.60. The molecule has 4 aromatic rings. The first kappa shape index (κ1) is 21.5. The van der Waals surface area contributed by atoms with E-state index in [1.54, 1.807) is 0 Å². The number of para-hydroxylation sites is 3. The normalized spacial score (nSPS) is 15.2. The first-order valence-electron chi connectivity index (χ1n) is 11.7. The van der Waals surface area contributed by atoms with Crippen LogP contribution in [0.3, 0.4) is 0 Å². The van der Waals surface area contributed by atoms with Gasteiger partial charge in [-0.25, -0.2) is 9.18 Å². The van der Waals surface area contributed by atoms with Crippen molar-refractivity contribution in [3.63, 3.8) is 0 Å². The number of nitrogens with zero attached hydrogens (tertiary/aromatic N) is 2. The number of hydrogen-bond acceptors (Lipinski definition) is 3. The van der Waals surface area contributed by atoms with Gasteiger partial charge in [-0.15, -0.1) is 0 Å². The molecule has 0 unspecified atom stereocenters. The second-order valence-corrected chi connectivity index (χ2v) is 8.72. The SMILES string of the molecule is O=c1[nH]c2ccccc2n1C1CCN(CCCNc2ccccc2-c2ccc(F)cc2)CC1. The molecular weight excluding hydrogens is 415 g/mol. The molecule has 5 rings (SSSR count). The van der Waals surface area contributed by atoms with Crippen LogP contribution in [0.1, 0.15) is 25.3 Å². The van der Waals surface area contributed by atoms with Gasteiger partial charge in [-0.3, -0.25) is 4.57 Å². The van der Waals surface area contributed by atoms with E-state index >= 15 is 0 Å². The smallest absolute Gasteiger partial charge is 0.326 e. The minimum Gasteiger partial charge on any atom is -0.384 e. The van der Waals surface area contributed by atoms with Gasteiger partial charge in [0.05, 0.1) is 11.0 Å². The van der Waals surface area contributed by atoms with Crippen molar-refractivity contribution in [1.82, 2.24) is 14.5 Å². The van der Waals surface area contributed by atoms with Crippen LogP contribution < -0.4 is 11.0 Å². The number of fused-ring (bicyclic) bond motifs is 1. The third kappa shape index (κ3) is 4.71. The summed E-state index contributed by atoms with van der Waals surface area (Å²) < 4.78 is 15.2. The van der Waals surface area contributed by atoms with Crippen LogP contribution in [0.4, 0.5) is 10.1 Å². The molecule has 1 saturated heterocycles. The number of nitrogens with one attached hydrogen (secondary N) is 2. The van der Waals surface area contributed by atoms with Crippen LogP contribution in [0.25, 0.3) is 22.2 Å². The van der Waals surface area contributed by atoms with Crippen LogP contribution in [0, 0.1) is 5.82 Å². The highest BCUT2D eigenvalue weighted by molar-refractivity contribution is 5.77. The number of anilines is 1. The average molecular weight is 445 g/mol. The summed E-state index contributed by atoms with van der Waals surface area (Å²) in [5.41, 5.74) is 5.08. The minimum absolute atomic E-state index is 0.00123. The molecule has 2 heterocycles. The molecule has 1 aliphatic heterocycles. The second kappa shape index (κ2) is 9.63. The first-order chi connectivity index (χ1) is 16.2. The highest BCUT2D eigenvalue weighted by Gasteiger charge is 2.23. The summed E-state index contributed by atoms with van der Waals surface area (Å²) in [6.45, 7) is 3.91. The van der Waals surface area contributed by atoms with Gasteiger partial charge in [0.1, 0.15) is 5.82 Å². The number of benzene rings is 3. The van der Waals surface area contributed by atoms with E-state index in [0.717, 1.165) is 73.3 Å². The van der Waals surface area contributed by atoms with Crippen molar-refractivity contribution in [2.45, 2.75) is 25.3 Å². The minimum atomic E-state index is -0.220. The summed E-state index contributed by atoms with van der Waals surface area (Å²) in [5, 5.41) is 3.55. The van der Waals surface area contributed by atoms with Crippen LogP contribution in [0.5, 0.6) is 0 Å². The molecule has 3 aromatic carbocycles. The van der Waals surface area contributed by atoms with E-state index in [2.05, 4.69) is 27.3 Å². The number of rotatable bonds is 7. The maximum Gasteiger partial charge on any atom is 0.326 e. The summed E-state index contributed by atoms with van der Waals surface area (Å²) >= 11 is 0. The van der Waals surface area contributed by atoms with E-state index in [9.17, 15) is 9.18 Å². The lowest BCUT2D eigenvalue weighted by molar-refractivity contribution is 0.186. The molecule has 5 nitrogen and oxygen atoms in total. The predicted octanol–water partition coefficient (Wildman–Crippen LogP) is 5.27. The molecule has 0 bridgehead atoms. The standard InChI is InChI=1S/C27H29FN4O/c28-21-12-10-20(11-13-21)23-6-1-2-7-24(23)29-16-5-17-31-18-14-22(15-19-31)32-26-9-4-3-8-25(26)30-27(32)33/h1-4,6-13,22,29H,5,14-19H2,(H,30,33). The largest absolute Gasteiger partial charge is 0.384 e. The number of halogens is 1. The zero-order valence-electron chi connectivity index (χ0n) is 18.6. The van der Waals surface area contributed by atoms with Crippen molar-refractivity contribution in [2.24, 2.45) is 0 Å². The lowest BCUT2D eigenvalue weighted by atomic mass is 10.0. The van der Waals surface area contributed by atoms with Crippen LogP contribution in [0.15, 0.2) is 77.6 Å². The van der Waals surface area contributed by atoms with Crippen LogP contribution in [0.2, 0.25) is 0 Å². The Morgan fingerprint density at radius 2 is 1.67 bits per heavy atom. The van der Waals surface area contributed by atoms with Gasteiger partial charge in [0.15, 0.2) is 0 Å². The molecular formula is C27H29FN4O. The summed E-state index contributed by atoms with van der Waals surface area (Å²) in [7, 11) is 0. The van der Waals surface area contributed by atoms with Gasteiger partial charge in [0, 0.05) is 36.9 Å². The quantitative estimate of drug-likeness (QED) is 0.382. The highest BCUT2D eigenvalue weighted by atomic mass is 19.1. The molecule has 0 radical (unpaired) electrons. The second-order valence-electron chi connectivity index (χ2n) is 8.72. The molecule has 0 aliphatic carbocycles. The Morgan fingerprint density at radius 1 is 0.939 bits per heavy atom. The van der Waals surface area contributed by atoms with Gasteiger partial charge in [0.2, 0.25) is 0 Å². The summed E-state index contributed by atoms with van der Waals surface area (Å²) in [4.78, 5) is 17.9. The molecule has 0 saturated carbocycles. The van der Waals surface area contributed by atoms with Crippen LogP contribution in [-0.2, 0) is 0 Å². The Morgan fingerprint density at radius 3 is 2.48 bits per heavy atom. The van der Waals surface area contributed by atoms with E-state index in [0.29, 0.717) is 0 Å². The zero-order chi connectivity index (χ0) is 22.6. The first-order valence-corrected chi connectivity index (χ1v) is 11.7. The fraction of sp³-hybridized carbons (Fsp3) is 0.296. The Bertz CT molecular complexity index is 1270. The Kier molecular flexibility index (Phi) is 6.26. The van der Waals surface area contributed by atoms with Crippen LogP contribution in [-0.4, -0.2) is 40.6 Å². The lowest BCUT2D eigenvalue weighted by Gasteiger charge is -2.32. The van der Waals surface area contributed by atoms with E-state index < -0.39 is 0 Å². The fourth-order valence-electron chi connectivity index (χ4n) is 4.88. The van der Waals surface area contributed by atoms with Crippen molar-refractivity contribution >= 4 is 16.7 Å². The summed E-state index contributed by atoms with van der Waals surface area (Å²) in [6.07, 6.45) is 3.01. The number of H-pyrrole nitrogens is 1. The number of hydrogen-bond donors (Lipinski definition) is 2. The zero-order valence-corrected chi connectivity index (χ0v) is 18.6. The molecule has 2 N–H and O–H groups in total. The number of aromatic amines is 1. The van der Waals surface area contributed by atoms with Crippen molar-refractivity contribution < 1.29 is 4.39 Å². The molecule has 1 aliphatic rings. The Balaban J connectivity index is 1.13. The van der Waals surface area contributed by atoms with Gasteiger partial charge in [-0.2, -0.15) is 0 Å². The predicted molar refractivity (Wildman–Crippen MR) is 132 cm³/mol. The van der Waals surface area contributed by atoms with Gasteiger partial charge < -0.3 is 15.2 Å². The van der Waals surface area contributed by atoms with Gasteiger partial charge >= 0.3 is 5.69 Å². The van der Waals surface area contributed by atoms with Gasteiger partial charge in [-0.1, -0.05) is 42.5 Å². The van der Waals surface area contributed by atoms with E-state index in [-0.39, 0.29) is 17.5 Å². The fourth-order valence-corrected chi connectivity index (χ4v) is 4.88. The maximum atomic E-state index is 13.3. The molecule has 170 valence electrons. The van der Waals surface area contributed by atoms with Crippen molar-refractivity contribution in [3.05, 3.63) is 89.1 Å². The van der Waals surface area contributed by atoms with Crippen molar-refractivity contribution in [1.29, 1.82) is 0 Å². The van der Waals surface area contributed by atoms with E-state index in [4.69, 9.17) is 0 Å². The molecule has 33 heavy (non-hydrogen) atoms. The molecule has 0 atom stereocenters. The highest BCUT2D eigenvalue weighted by Crippen LogP contribution is 2.28. The average Bonchev–Trinajstić information content (AvgIpc) is 3.19. The third-order valence-electron chi connectivity index (χ3n) is 6.60. The molecule has 1 aromatic heterocycles. The maximum absolute atomic E-state index is 13.3. The Hall–Kier alpha value is -3.38. The van der Waals surface area contributed by atoms with E-state index in [1.165, 1.54) is 12.1 Å². The van der Waals surface area contributed by atoms with Crippen molar-refractivity contribution in [2.75, 3.05) is 31.5 Å². The molecule has 0 amide bonds. The topological polar surface area (TPSA) is 53.1 Å².